The van der Waals surface area contributed by atoms with Crippen molar-refractivity contribution in [3.05, 3.63) is 52.0 Å². The number of ether oxygens (including phenoxy) is 1. The summed E-state index contributed by atoms with van der Waals surface area (Å²) in [5.41, 5.74) is 2.90. The Labute approximate surface area is 127 Å². The minimum absolute atomic E-state index is 0.124. The molecule has 0 aliphatic heterocycles. The topological polar surface area (TPSA) is 41.5 Å². The van der Waals surface area contributed by atoms with Crippen LogP contribution < -0.4 is 10.1 Å². The average molecular weight is 336 g/mol. The van der Waals surface area contributed by atoms with Gasteiger partial charge >= 0.3 is 0 Å². The lowest BCUT2D eigenvalue weighted by molar-refractivity contribution is 0.412. The maximum atomic E-state index is 9.73. The Morgan fingerprint density at radius 2 is 1.95 bits per heavy atom. The van der Waals surface area contributed by atoms with Gasteiger partial charge in [0, 0.05) is 17.8 Å². The number of hydrogen-bond donors (Lipinski definition) is 2. The first kappa shape index (κ1) is 14.7. The minimum Gasteiger partial charge on any atom is -0.508 e. The molecule has 0 heterocycles. The fourth-order valence-corrected chi connectivity index (χ4v) is 2.54. The van der Waals surface area contributed by atoms with Crippen LogP contribution in [0.3, 0.4) is 0 Å². The zero-order chi connectivity index (χ0) is 14.7. The van der Waals surface area contributed by atoms with E-state index in [9.17, 15) is 5.11 Å². The molecule has 0 aromatic heterocycles. The maximum absolute atomic E-state index is 9.73. The third-order valence-electron chi connectivity index (χ3n) is 3.27. The number of benzene rings is 2. The molecule has 2 aromatic rings. The summed E-state index contributed by atoms with van der Waals surface area (Å²) in [6.45, 7) is 3.95. The molecule has 0 saturated heterocycles. The maximum Gasteiger partial charge on any atom is 0.133 e. The number of phenolic OH excluding ortho intramolecular Hbond substituents is 1. The normalized spacial score (nSPS) is 12.0. The summed E-state index contributed by atoms with van der Waals surface area (Å²) in [5, 5.41) is 13.1. The van der Waals surface area contributed by atoms with E-state index in [1.54, 1.807) is 13.2 Å². The van der Waals surface area contributed by atoms with Crippen LogP contribution in [0.1, 0.15) is 24.1 Å². The van der Waals surface area contributed by atoms with Crippen molar-refractivity contribution >= 4 is 21.6 Å². The Morgan fingerprint density at radius 3 is 2.55 bits per heavy atom. The van der Waals surface area contributed by atoms with E-state index in [0.29, 0.717) is 5.75 Å². The second-order valence-electron chi connectivity index (χ2n) is 4.76. The lowest BCUT2D eigenvalue weighted by Gasteiger charge is -2.17. The van der Waals surface area contributed by atoms with E-state index in [2.05, 4.69) is 28.2 Å². The molecule has 3 nitrogen and oxygen atoms in total. The molecule has 0 bridgehead atoms. The molecule has 106 valence electrons. The molecule has 2 rings (SSSR count). The van der Waals surface area contributed by atoms with Gasteiger partial charge in [-0.3, -0.25) is 0 Å². The fraction of sp³-hybridized carbons (Fsp3) is 0.250. The predicted molar refractivity (Wildman–Crippen MR) is 85.6 cm³/mol. The van der Waals surface area contributed by atoms with E-state index in [-0.39, 0.29) is 6.04 Å². The van der Waals surface area contributed by atoms with Crippen LogP contribution >= 0.6 is 15.9 Å². The van der Waals surface area contributed by atoms with Crippen molar-refractivity contribution in [1.82, 2.24) is 0 Å². The smallest absolute Gasteiger partial charge is 0.133 e. The van der Waals surface area contributed by atoms with Gasteiger partial charge in [-0.15, -0.1) is 0 Å². The first-order valence-corrected chi connectivity index (χ1v) is 7.20. The molecule has 4 heteroatoms. The molecular weight excluding hydrogens is 318 g/mol. The van der Waals surface area contributed by atoms with Gasteiger partial charge in [0.2, 0.25) is 0 Å². The summed E-state index contributed by atoms with van der Waals surface area (Å²) in [6, 6.07) is 11.7. The van der Waals surface area contributed by atoms with Crippen molar-refractivity contribution in [2.45, 2.75) is 19.9 Å². The average Bonchev–Trinajstić information content (AvgIpc) is 2.42. The van der Waals surface area contributed by atoms with Gasteiger partial charge in [-0.05, 0) is 59.1 Å². The van der Waals surface area contributed by atoms with Gasteiger partial charge in [0.25, 0.3) is 0 Å². The van der Waals surface area contributed by atoms with Crippen LogP contribution in [0.2, 0.25) is 0 Å². The largest absolute Gasteiger partial charge is 0.508 e. The van der Waals surface area contributed by atoms with E-state index >= 15 is 0 Å². The summed E-state index contributed by atoms with van der Waals surface area (Å²) in [7, 11) is 1.65. The summed E-state index contributed by atoms with van der Waals surface area (Å²) < 4.78 is 6.16. The molecule has 0 saturated carbocycles. The molecular formula is C16H18BrNO2. The number of nitrogens with one attached hydrogen (secondary N) is 1. The van der Waals surface area contributed by atoms with Gasteiger partial charge in [-0.25, -0.2) is 0 Å². The fourth-order valence-electron chi connectivity index (χ4n) is 1.98. The minimum atomic E-state index is 0.124. The van der Waals surface area contributed by atoms with Gasteiger partial charge in [-0.2, -0.15) is 0 Å². The summed E-state index contributed by atoms with van der Waals surface area (Å²) >= 11 is 3.49. The molecule has 0 aliphatic carbocycles. The van der Waals surface area contributed by atoms with Crippen LogP contribution in [0.4, 0.5) is 5.69 Å². The van der Waals surface area contributed by atoms with Crippen molar-refractivity contribution in [1.29, 1.82) is 0 Å². The zero-order valence-electron chi connectivity index (χ0n) is 11.8. The highest BCUT2D eigenvalue weighted by Gasteiger charge is 2.09. The molecule has 0 aliphatic rings. The second kappa shape index (κ2) is 6.18. The predicted octanol–water partition coefficient (Wildman–Crippen LogP) is 4.64. The number of anilines is 1. The monoisotopic (exact) mass is 335 g/mol. The summed E-state index contributed by atoms with van der Waals surface area (Å²) in [6.07, 6.45) is 0. The number of methoxy groups -OCH3 is 1. The highest BCUT2D eigenvalue weighted by molar-refractivity contribution is 9.10. The van der Waals surface area contributed by atoms with Crippen LogP contribution in [0.5, 0.6) is 11.5 Å². The zero-order valence-corrected chi connectivity index (χ0v) is 13.4. The second-order valence-corrected chi connectivity index (χ2v) is 5.62. The number of aromatic hydroxyl groups is 1. The van der Waals surface area contributed by atoms with Gasteiger partial charge in [0.15, 0.2) is 0 Å². The van der Waals surface area contributed by atoms with Crippen molar-refractivity contribution in [3.8, 4) is 11.5 Å². The van der Waals surface area contributed by atoms with E-state index in [1.807, 2.05) is 37.3 Å². The van der Waals surface area contributed by atoms with Crippen LogP contribution in [-0.2, 0) is 0 Å². The first-order chi connectivity index (χ1) is 9.51. The summed E-state index contributed by atoms with van der Waals surface area (Å²) in [5.74, 6) is 1.12. The van der Waals surface area contributed by atoms with Crippen LogP contribution in [-0.4, -0.2) is 12.2 Å². The number of hydrogen-bond acceptors (Lipinski definition) is 3. The Kier molecular flexibility index (Phi) is 4.55. The molecule has 0 fully saturated rings. The molecule has 2 N–H and O–H groups in total. The van der Waals surface area contributed by atoms with E-state index in [0.717, 1.165) is 27.0 Å². The van der Waals surface area contributed by atoms with Gasteiger partial charge in [0.1, 0.15) is 11.5 Å². The molecule has 0 radical (unpaired) electrons. The van der Waals surface area contributed by atoms with E-state index in [4.69, 9.17) is 4.74 Å². The summed E-state index contributed by atoms with van der Waals surface area (Å²) in [4.78, 5) is 0. The molecule has 1 unspecified atom stereocenters. The molecule has 0 amide bonds. The Hall–Kier alpha value is -1.68. The molecule has 2 aromatic carbocycles. The number of aryl methyl sites for hydroxylation is 1. The third kappa shape index (κ3) is 3.25. The van der Waals surface area contributed by atoms with Crippen molar-refractivity contribution in [3.63, 3.8) is 0 Å². The molecule has 1 atom stereocenters. The van der Waals surface area contributed by atoms with Gasteiger partial charge in [-0.1, -0.05) is 12.1 Å². The van der Waals surface area contributed by atoms with E-state index < -0.39 is 0 Å². The Bertz CT molecular complexity index is 613. The van der Waals surface area contributed by atoms with E-state index in [1.165, 1.54) is 0 Å². The highest BCUT2D eigenvalue weighted by Crippen LogP contribution is 2.30. The van der Waals surface area contributed by atoms with Gasteiger partial charge < -0.3 is 15.2 Å². The Morgan fingerprint density at radius 1 is 1.20 bits per heavy atom. The lowest BCUT2D eigenvalue weighted by Crippen LogP contribution is -2.06. The standard InChI is InChI=1S/C16H18BrNO2/c1-10-4-6-13(9-15(10)19)18-11(2)12-5-7-16(20-3)14(17)8-12/h4-9,11,18-19H,1-3H3. The number of halogens is 1. The SMILES string of the molecule is COc1ccc(C(C)Nc2ccc(C)c(O)c2)cc1Br. The first-order valence-electron chi connectivity index (χ1n) is 6.41. The van der Waals surface area contributed by atoms with Crippen molar-refractivity contribution in [2.24, 2.45) is 0 Å². The number of phenols is 1. The van der Waals surface area contributed by atoms with Gasteiger partial charge in [0.05, 0.1) is 11.6 Å². The van der Waals surface area contributed by atoms with Crippen molar-refractivity contribution < 1.29 is 9.84 Å². The van der Waals surface area contributed by atoms with Crippen LogP contribution in [0, 0.1) is 6.92 Å². The molecule has 0 spiro atoms. The lowest BCUT2D eigenvalue weighted by atomic mass is 10.1. The van der Waals surface area contributed by atoms with Crippen molar-refractivity contribution in [2.75, 3.05) is 12.4 Å². The molecule has 20 heavy (non-hydrogen) atoms. The third-order valence-corrected chi connectivity index (χ3v) is 3.89. The van der Waals surface area contributed by atoms with Crippen LogP contribution in [0.25, 0.3) is 0 Å². The quantitative estimate of drug-likeness (QED) is 0.854. The van der Waals surface area contributed by atoms with Crippen LogP contribution in [0.15, 0.2) is 40.9 Å². The Balaban J connectivity index is 2.17. The number of rotatable bonds is 4. The highest BCUT2D eigenvalue weighted by atomic mass is 79.9.